The van der Waals surface area contributed by atoms with Crippen molar-refractivity contribution in [1.82, 2.24) is 9.97 Å². The maximum absolute atomic E-state index is 6.17. The first-order chi connectivity index (χ1) is 8.97. The molecule has 0 saturated carbocycles. The maximum atomic E-state index is 6.17. The van der Waals surface area contributed by atoms with Crippen molar-refractivity contribution in [2.45, 2.75) is 36.6 Å². The Morgan fingerprint density at radius 1 is 1.05 bits per heavy atom. The van der Waals surface area contributed by atoms with E-state index in [2.05, 4.69) is 23.8 Å². The number of hydrogen-bond acceptors (Lipinski definition) is 3. The van der Waals surface area contributed by atoms with Crippen molar-refractivity contribution >= 4 is 35.0 Å². The predicted octanol–water partition coefficient (Wildman–Crippen LogP) is 5.37. The van der Waals surface area contributed by atoms with Crippen molar-refractivity contribution < 1.29 is 0 Å². The Hall–Kier alpha value is -0.770. The Morgan fingerprint density at radius 3 is 2.26 bits per heavy atom. The van der Waals surface area contributed by atoms with E-state index in [1.165, 1.54) is 0 Å². The first kappa shape index (κ1) is 14.6. The zero-order valence-electron chi connectivity index (χ0n) is 10.9. The molecular formula is C14H14Cl2N2S. The van der Waals surface area contributed by atoms with Gasteiger partial charge in [0.05, 0.1) is 0 Å². The molecule has 1 aromatic heterocycles. The molecule has 5 heteroatoms. The molecular weight excluding hydrogens is 299 g/mol. The van der Waals surface area contributed by atoms with Gasteiger partial charge in [0.25, 0.3) is 0 Å². The van der Waals surface area contributed by atoms with Gasteiger partial charge in [-0.05, 0) is 31.2 Å². The molecule has 0 saturated heterocycles. The molecule has 0 atom stereocenters. The van der Waals surface area contributed by atoms with Crippen LogP contribution in [0.2, 0.25) is 10.2 Å². The van der Waals surface area contributed by atoms with E-state index in [0.29, 0.717) is 5.15 Å². The Morgan fingerprint density at radius 2 is 1.68 bits per heavy atom. The minimum Gasteiger partial charge on any atom is -0.226 e. The van der Waals surface area contributed by atoms with E-state index in [0.717, 1.165) is 26.3 Å². The molecule has 0 radical (unpaired) electrons. The summed E-state index contributed by atoms with van der Waals surface area (Å²) in [6.45, 7) is 6.04. The highest BCUT2D eigenvalue weighted by Crippen LogP contribution is 2.32. The topological polar surface area (TPSA) is 25.8 Å². The summed E-state index contributed by atoms with van der Waals surface area (Å²) in [5.74, 6) is 1.02. The molecule has 0 N–H and O–H groups in total. The number of nitrogens with zero attached hydrogens (tertiary/aromatic N) is 2. The second-order valence-corrected chi connectivity index (χ2v) is 6.37. The van der Waals surface area contributed by atoms with Crippen molar-refractivity contribution in [3.05, 3.63) is 45.8 Å². The van der Waals surface area contributed by atoms with E-state index < -0.39 is 0 Å². The van der Waals surface area contributed by atoms with Gasteiger partial charge in [-0.25, -0.2) is 9.97 Å². The Balaban J connectivity index is 2.36. The average molecular weight is 313 g/mol. The third-order valence-corrected chi connectivity index (χ3v) is 4.32. The molecule has 2 rings (SSSR count). The Kier molecular flexibility index (Phi) is 4.71. The van der Waals surface area contributed by atoms with Gasteiger partial charge < -0.3 is 0 Å². The van der Waals surface area contributed by atoms with Crippen molar-refractivity contribution in [1.29, 1.82) is 0 Å². The summed E-state index contributed by atoms with van der Waals surface area (Å²) < 4.78 is 0. The molecule has 100 valence electrons. The summed E-state index contributed by atoms with van der Waals surface area (Å²) in [4.78, 5) is 9.97. The second-order valence-electron chi connectivity index (χ2n) is 4.51. The molecule has 0 spiro atoms. The molecule has 0 bridgehead atoms. The average Bonchev–Trinajstić information content (AvgIpc) is 2.37. The third-order valence-electron chi connectivity index (χ3n) is 2.60. The van der Waals surface area contributed by atoms with Crippen molar-refractivity contribution in [3.63, 3.8) is 0 Å². The smallest absolute Gasteiger partial charge is 0.136 e. The highest BCUT2D eigenvalue weighted by atomic mass is 35.5. The fourth-order valence-corrected chi connectivity index (χ4v) is 2.70. The van der Waals surface area contributed by atoms with Gasteiger partial charge in [-0.2, -0.15) is 0 Å². The van der Waals surface area contributed by atoms with Gasteiger partial charge >= 0.3 is 0 Å². The summed E-state index contributed by atoms with van der Waals surface area (Å²) >= 11 is 13.6. The van der Waals surface area contributed by atoms with Crippen molar-refractivity contribution in [2.24, 2.45) is 0 Å². The van der Waals surface area contributed by atoms with Crippen LogP contribution in [0.25, 0.3) is 0 Å². The van der Waals surface area contributed by atoms with Crippen LogP contribution in [0.4, 0.5) is 0 Å². The van der Waals surface area contributed by atoms with Gasteiger partial charge in [0, 0.05) is 21.4 Å². The number of aromatic nitrogens is 2. The minimum atomic E-state index is 0.252. The summed E-state index contributed by atoms with van der Waals surface area (Å²) in [6, 6.07) is 7.67. The standard InChI is InChI=1S/C14H14Cl2N2S/c1-8(2)13-17-12(16)9(3)14(18-13)19-11-6-4-10(15)5-7-11/h4-8H,1-3H3. The summed E-state index contributed by atoms with van der Waals surface area (Å²) in [6.07, 6.45) is 0. The van der Waals surface area contributed by atoms with Gasteiger partial charge in [-0.15, -0.1) is 0 Å². The molecule has 1 heterocycles. The first-order valence-corrected chi connectivity index (χ1v) is 7.52. The number of halogens is 2. The molecule has 2 aromatic rings. The lowest BCUT2D eigenvalue weighted by Crippen LogP contribution is -2.01. The molecule has 19 heavy (non-hydrogen) atoms. The van der Waals surface area contributed by atoms with E-state index in [1.807, 2.05) is 31.2 Å². The summed E-state index contributed by atoms with van der Waals surface area (Å²) in [7, 11) is 0. The summed E-state index contributed by atoms with van der Waals surface area (Å²) in [5.41, 5.74) is 0.908. The van der Waals surface area contributed by atoms with Gasteiger partial charge in [-0.1, -0.05) is 48.8 Å². The van der Waals surface area contributed by atoms with Crippen LogP contribution < -0.4 is 0 Å². The van der Waals surface area contributed by atoms with E-state index in [-0.39, 0.29) is 5.92 Å². The van der Waals surface area contributed by atoms with E-state index >= 15 is 0 Å². The lowest BCUT2D eigenvalue weighted by molar-refractivity contribution is 0.747. The zero-order valence-corrected chi connectivity index (χ0v) is 13.3. The molecule has 0 amide bonds. The van der Waals surface area contributed by atoms with E-state index in [4.69, 9.17) is 23.2 Å². The number of rotatable bonds is 3. The molecule has 2 nitrogen and oxygen atoms in total. The Labute approximate surface area is 127 Å². The van der Waals surface area contributed by atoms with Gasteiger partial charge in [0.2, 0.25) is 0 Å². The fraction of sp³-hybridized carbons (Fsp3) is 0.286. The maximum Gasteiger partial charge on any atom is 0.136 e. The number of benzene rings is 1. The van der Waals surface area contributed by atoms with Crippen LogP contribution in [-0.2, 0) is 0 Å². The third kappa shape index (κ3) is 3.62. The van der Waals surface area contributed by atoms with Crippen LogP contribution in [0, 0.1) is 6.92 Å². The molecule has 0 aliphatic carbocycles. The number of hydrogen-bond donors (Lipinski definition) is 0. The van der Waals surface area contributed by atoms with Crippen LogP contribution in [0.5, 0.6) is 0 Å². The molecule has 0 aliphatic rings. The van der Waals surface area contributed by atoms with Gasteiger partial charge in [-0.3, -0.25) is 0 Å². The van der Waals surface area contributed by atoms with Crippen LogP contribution in [0.3, 0.4) is 0 Å². The van der Waals surface area contributed by atoms with Crippen LogP contribution in [0.15, 0.2) is 34.2 Å². The van der Waals surface area contributed by atoms with Gasteiger partial charge in [0.15, 0.2) is 0 Å². The largest absolute Gasteiger partial charge is 0.226 e. The van der Waals surface area contributed by atoms with Crippen LogP contribution in [-0.4, -0.2) is 9.97 Å². The fourth-order valence-electron chi connectivity index (χ4n) is 1.46. The highest BCUT2D eigenvalue weighted by Gasteiger charge is 2.12. The second kappa shape index (κ2) is 6.12. The molecule has 0 aliphatic heterocycles. The zero-order chi connectivity index (χ0) is 14.0. The first-order valence-electron chi connectivity index (χ1n) is 5.95. The highest BCUT2D eigenvalue weighted by molar-refractivity contribution is 7.99. The quantitative estimate of drug-likeness (QED) is 0.713. The van der Waals surface area contributed by atoms with Crippen molar-refractivity contribution in [2.75, 3.05) is 0 Å². The predicted molar refractivity (Wildman–Crippen MR) is 81.4 cm³/mol. The van der Waals surface area contributed by atoms with E-state index in [9.17, 15) is 0 Å². The SMILES string of the molecule is Cc1c(Cl)nc(C(C)C)nc1Sc1ccc(Cl)cc1. The normalized spacial score (nSPS) is 11.1. The van der Waals surface area contributed by atoms with Crippen LogP contribution >= 0.6 is 35.0 Å². The lowest BCUT2D eigenvalue weighted by Gasteiger charge is -2.10. The molecule has 1 aromatic carbocycles. The monoisotopic (exact) mass is 312 g/mol. The van der Waals surface area contributed by atoms with Crippen LogP contribution in [0.1, 0.15) is 31.2 Å². The molecule has 0 unspecified atom stereocenters. The minimum absolute atomic E-state index is 0.252. The van der Waals surface area contributed by atoms with Gasteiger partial charge in [0.1, 0.15) is 16.0 Å². The summed E-state index contributed by atoms with van der Waals surface area (Å²) in [5, 5.41) is 2.14. The molecule has 0 fully saturated rings. The lowest BCUT2D eigenvalue weighted by atomic mass is 10.2. The Bertz CT molecular complexity index is 583. The van der Waals surface area contributed by atoms with Crippen molar-refractivity contribution in [3.8, 4) is 0 Å². The van der Waals surface area contributed by atoms with E-state index in [1.54, 1.807) is 11.8 Å².